The highest BCUT2D eigenvalue weighted by Gasteiger charge is 2.33. The van der Waals surface area contributed by atoms with Gasteiger partial charge in [-0.1, -0.05) is 0 Å². The number of piperidine rings is 2. The molecule has 0 radical (unpaired) electrons. The molecule has 4 rings (SSSR count). The third kappa shape index (κ3) is 4.42. The van der Waals surface area contributed by atoms with Gasteiger partial charge in [0.05, 0.1) is 12.1 Å². The number of amides is 1. The van der Waals surface area contributed by atoms with Crippen molar-refractivity contribution in [3.8, 4) is 0 Å². The molecule has 6 heteroatoms. The van der Waals surface area contributed by atoms with Crippen molar-refractivity contribution in [3.05, 3.63) is 18.0 Å². The van der Waals surface area contributed by atoms with E-state index >= 15 is 0 Å². The first-order valence-electron chi connectivity index (χ1n) is 9.91. The van der Waals surface area contributed by atoms with Crippen molar-refractivity contribution in [3.63, 3.8) is 0 Å². The van der Waals surface area contributed by atoms with E-state index in [0.717, 1.165) is 32.6 Å². The zero-order valence-corrected chi connectivity index (χ0v) is 15.4. The molecular weight excluding hydrogens is 314 g/mol. The SMILES string of the molecule is Cn1cc(CN2CCC(N3CCCC(C(=O)NC4CC4)C3)CC2)cn1. The van der Waals surface area contributed by atoms with Gasteiger partial charge >= 0.3 is 0 Å². The second kappa shape index (κ2) is 7.46. The molecule has 1 saturated carbocycles. The number of nitrogens with one attached hydrogen (secondary N) is 1. The van der Waals surface area contributed by atoms with Gasteiger partial charge in [-0.05, 0) is 58.2 Å². The number of nitrogens with zero attached hydrogens (tertiary/aromatic N) is 4. The smallest absolute Gasteiger partial charge is 0.224 e. The highest BCUT2D eigenvalue weighted by atomic mass is 16.2. The van der Waals surface area contributed by atoms with Crippen molar-refractivity contribution in [2.24, 2.45) is 13.0 Å². The molecule has 0 bridgehead atoms. The number of likely N-dealkylation sites (tertiary alicyclic amines) is 2. The van der Waals surface area contributed by atoms with E-state index in [0.29, 0.717) is 18.0 Å². The third-order valence-corrected chi connectivity index (χ3v) is 5.99. The van der Waals surface area contributed by atoms with Gasteiger partial charge in [0.15, 0.2) is 0 Å². The summed E-state index contributed by atoms with van der Waals surface area (Å²) in [4.78, 5) is 17.5. The van der Waals surface area contributed by atoms with E-state index in [4.69, 9.17) is 0 Å². The van der Waals surface area contributed by atoms with Crippen molar-refractivity contribution in [1.29, 1.82) is 0 Å². The van der Waals surface area contributed by atoms with Crippen LogP contribution in [-0.2, 0) is 18.4 Å². The molecule has 1 amide bonds. The minimum Gasteiger partial charge on any atom is -0.353 e. The molecule has 25 heavy (non-hydrogen) atoms. The van der Waals surface area contributed by atoms with E-state index < -0.39 is 0 Å². The van der Waals surface area contributed by atoms with E-state index in [1.54, 1.807) is 0 Å². The Kier molecular flexibility index (Phi) is 5.08. The second-order valence-electron chi connectivity index (χ2n) is 8.15. The summed E-state index contributed by atoms with van der Waals surface area (Å²) >= 11 is 0. The van der Waals surface area contributed by atoms with Gasteiger partial charge in [0, 0.05) is 44.0 Å². The lowest BCUT2D eigenvalue weighted by molar-refractivity contribution is -0.127. The molecule has 2 saturated heterocycles. The maximum Gasteiger partial charge on any atom is 0.224 e. The number of hydrogen-bond acceptors (Lipinski definition) is 4. The monoisotopic (exact) mass is 345 g/mol. The van der Waals surface area contributed by atoms with Crippen molar-refractivity contribution in [1.82, 2.24) is 24.9 Å². The minimum atomic E-state index is 0.211. The van der Waals surface area contributed by atoms with Gasteiger partial charge in [-0.25, -0.2) is 0 Å². The number of rotatable bonds is 5. The van der Waals surface area contributed by atoms with Crippen LogP contribution in [0, 0.1) is 5.92 Å². The number of hydrogen-bond donors (Lipinski definition) is 1. The summed E-state index contributed by atoms with van der Waals surface area (Å²) in [5.41, 5.74) is 1.30. The highest BCUT2D eigenvalue weighted by Crippen LogP contribution is 2.26. The van der Waals surface area contributed by atoms with Gasteiger partial charge in [0.2, 0.25) is 5.91 Å². The average molecular weight is 345 g/mol. The molecule has 2 aliphatic heterocycles. The van der Waals surface area contributed by atoms with Crippen LogP contribution in [0.25, 0.3) is 0 Å². The van der Waals surface area contributed by atoms with Gasteiger partial charge in [0.25, 0.3) is 0 Å². The molecule has 1 unspecified atom stereocenters. The van der Waals surface area contributed by atoms with Crippen LogP contribution in [0.2, 0.25) is 0 Å². The van der Waals surface area contributed by atoms with Crippen molar-refractivity contribution in [2.75, 3.05) is 26.2 Å². The number of carbonyl (C=O) groups is 1. The van der Waals surface area contributed by atoms with Gasteiger partial charge in [-0.3, -0.25) is 19.3 Å². The third-order valence-electron chi connectivity index (χ3n) is 5.99. The lowest BCUT2D eigenvalue weighted by Crippen LogP contribution is -2.50. The molecule has 138 valence electrons. The Hall–Kier alpha value is -1.40. The zero-order chi connectivity index (χ0) is 17.2. The molecule has 3 heterocycles. The Morgan fingerprint density at radius 1 is 1.20 bits per heavy atom. The molecule has 1 aliphatic carbocycles. The normalized spacial score (nSPS) is 26.7. The predicted octanol–water partition coefficient (Wildman–Crippen LogP) is 1.38. The predicted molar refractivity (Wildman–Crippen MR) is 97.0 cm³/mol. The van der Waals surface area contributed by atoms with Crippen LogP contribution in [0.3, 0.4) is 0 Å². The highest BCUT2D eigenvalue weighted by molar-refractivity contribution is 5.79. The minimum absolute atomic E-state index is 0.211. The largest absolute Gasteiger partial charge is 0.353 e. The van der Waals surface area contributed by atoms with Crippen LogP contribution in [0.5, 0.6) is 0 Å². The molecule has 1 aromatic heterocycles. The standard InChI is InChI=1S/C19H31N5O/c1-22-12-15(11-20-22)13-23-9-6-18(7-10-23)24-8-2-3-16(14-24)19(25)21-17-4-5-17/h11-12,16-18H,2-10,13-14H2,1H3,(H,21,25). The maximum atomic E-state index is 12.4. The fourth-order valence-electron chi connectivity index (χ4n) is 4.35. The van der Waals surface area contributed by atoms with Crippen molar-refractivity contribution in [2.45, 2.75) is 57.2 Å². The van der Waals surface area contributed by atoms with Crippen molar-refractivity contribution >= 4 is 5.91 Å². The van der Waals surface area contributed by atoms with Crippen LogP contribution in [0.15, 0.2) is 12.4 Å². The molecule has 6 nitrogen and oxygen atoms in total. The molecular formula is C19H31N5O. The van der Waals surface area contributed by atoms with E-state index in [1.165, 1.54) is 44.2 Å². The van der Waals surface area contributed by atoms with Gasteiger partial charge < -0.3 is 5.32 Å². The van der Waals surface area contributed by atoms with E-state index in [-0.39, 0.29) is 5.92 Å². The first-order chi connectivity index (χ1) is 12.2. The Balaban J connectivity index is 1.24. The molecule has 0 spiro atoms. The Bertz CT molecular complexity index is 588. The summed E-state index contributed by atoms with van der Waals surface area (Å²) in [7, 11) is 1.97. The van der Waals surface area contributed by atoms with Crippen LogP contribution in [0.4, 0.5) is 0 Å². The fourth-order valence-corrected chi connectivity index (χ4v) is 4.35. The van der Waals surface area contributed by atoms with E-state index in [2.05, 4.69) is 26.4 Å². The Morgan fingerprint density at radius 2 is 2.00 bits per heavy atom. The lowest BCUT2D eigenvalue weighted by Gasteiger charge is -2.42. The topological polar surface area (TPSA) is 53.4 Å². The molecule has 0 aromatic carbocycles. The summed E-state index contributed by atoms with van der Waals surface area (Å²) in [6.07, 6.45) is 11.1. The van der Waals surface area contributed by atoms with Gasteiger partial charge in [-0.15, -0.1) is 0 Å². The van der Waals surface area contributed by atoms with Crippen LogP contribution >= 0.6 is 0 Å². The molecule has 3 fully saturated rings. The summed E-state index contributed by atoms with van der Waals surface area (Å²) in [5, 5.41) is 7.47. The van der Waals surface area contributed by atoms with Crippen molar-refractivity contribution < 1.29 is 4.79 Å². The quantitative estimate of drug-likeness (QED) is 0.876. The number of carbonyl (C=O) groups excluding carboxylic acids is 1. The van der Waals surface area contributed by atoms with E-state index in [1.807, 2.05) is 17.9 Å². The average Bonchev–Trinajstić information content (AvgIpc) is 3.35. The van der Waals surface area contributed by atoms with E-state index in [9.17, 15) is 4.79 Å². The summed E-state index contributed by atoms with van der Waals surface area (Å²) < 4.78 is 1.88. The number of aromatic nitrogens is 2. The first-order valence-corrected chi connectivity index (χ1v) is 9.91. The van der Waals surface area contributed by atoms with Gasteiger partial charge in [0.1, 0.15) is 0 Å². The Morgan fingerprint density at radius 3 is 2.68 bits per heavy atom. The number of aryl methyl sites for hydroxylation is 1. The maximum absolute atomic E-state index is 12.4. The zero-order valence-electron chi connectivity index (χ0n) is 15.4. The van der Waals surface area contributed by atoms with Crippen LogP contribution in [-0.4, -0.2) is 63.8 Å². The summed E-state index contributed by atoms with van der Waals surface area (Å²) in [6.45, 7) is 5.43. The molecule has 1 aromatic rings. The lowest BCUT2D eigenvalue weighted by atomic mass is 9.93. The fraction of sp³-hybridized carbons (Fsp3) is 0.789. The summed E-state index contributed by atoms with van der Waals surface area (Å²) in [5.74, 6) is 0.518. The van der Waals surface area contributed by atoms with Crippen LogP contribution < -0.4 is 5.32 Å². The Labute approximate surface area is 150 Å². The second-order valence-corrected chi connectivity index (χ2v) is 8.15. The molecule has 3 aliphatic rings. The molecule has 1 N–H and O–H groups in total. The van der Waals surface area contributed by atoms with Crippen LogP contribution in [0.1, 0.15) is 44.1 Å². The van der Waals surface area contributed by atoms with Gasteiger partial charge in [-0.2, -0.15) is 5.10 Å². The first kappa shape index (κ1) is 17.0. The summed E-state index contributed by atoms with van der Waals surface area (Å²) in [6, 6.07) is 1.14. The molecule has 1 atom stereocenters.